The minimum absolute atomic E-state index is 0.108. The minimum atomic E-state index is -0.516. The summed E-state index contributed by atoms with van der Waals surface area (Å²) in [6.07, 6.45) is 1.51. The third kappa shape index (κ3) is 3.45. The molecule has 1 aromatic carbocycles. The van der Waals surface area contributed by atoms with Crippen molar-refractivity contribution < 1.29 is 9.21 Å². The number of rotatable bonds is 5. The smallest absolute Gasteiger partial charge is 0.352 e. The second-order valence-electron chi connectivity index (χ2n) is 6.74. The number of anilines is 1. The van der Waals surface area contributed by atoms with Gasteiger partial charge in [0.2, 0.25) is 11.7 Å². The molecule has 0 saturated carbocycles. The molecular weight excluding hydrogens is 442 g/mol. The molecule has 11 heteroatoms. The van der Waals surface area contributed by atoms with E-state index in [0.29, 0.717) is 26.7 Å². The van der Waals surface area contributed by atoms with Crippen LogP contribution in [0.2, 0.25) is 5.02 Å². The zero-order valence-electron chi connectivity index (χ0n) is 15.8. The molecule has 4 aromatic heterocycles. The molecule has 156 valence electrons. The molecule has 0 saturated heterocycles. The number of thiophene rings is 1. The average Bonchev–Trinajstić information content (AvgIpc) is 3.48. The summed E-state index contributed by atoms with van der Waals surface area (Å²) in [5, 5.41) is 9.27. The van der Waals surface area contributed by atoms with Crippen LogP contribution in [0.15, 0.2) is 68.1 Å². The van der Waals surface area contributed by atoms with Gasteiger partial charge in [0.1, 0.15) is 17.0 Å². The highest BCUT2D eigenvalue weighted by atomic mass is 35.5. The maximum Gasteiger partial charge on any atom is 0.352 e. The van der Waals surface area contributed by atoms with Gasteiger partial charge in [-0.1, -0.05) is 11.6 Å². The number of amides is 1. The Bertz CT molecular complexity index is 1530. The van der Waals surface area contributed by atoms with Gasteiger partial charge in [-0.15, -0.1) is 16.4 Å². The van der Waals surface area contributed by atoms with E-state index >= 15 is 0 Å². The number of nitrogens with zero attached hydrogens (tertiary/aromatic N) is 4. The molecule has 0 radical (unpaired) electrons. The Balaban J connectivity index is 1.57. The molecule has 0 bridgehead atoms. The second kappa shape index (κ2) is 7.56. The van der Waals surface area contributed by atoms with E-state index in [-0.39, 0.29) is 24.4 Å². The molecule has 4 heterocycles. The lowest BCUT2D eigenvalue weighted by molar-refractivity contribution is -0.117. The molecule has 5 rings (SSSR count). The number of hydrogen-bond donors (Lipinski definition) is 1. The van der Waals surface area contributed by atoms with Gasteiger partial charge >= 0.3 is 5.69 Å². The molecule has 0 aliphatic carbocycles. The van der Waals surface area contributed by atoms with Gasteiger partial charge in [0.05, 0.1) is 18.3 Å². The maximum absolute atomic E-state index is 13.1. The fourth-order valence-electron chi connectivity index (χ4n) is 3.31. The van der Waals surface area contributed by atoms with Crippen molar-refractivity contribution in [3.05, 3.63) is 85.7 Å². The number of fused-ring (bicyclic) bond motifs is 3. The van der Waals surface area contributed by atoms with E-state index in [4.69, 9.17) is 16.0 Å². The van der Waals surface area contributed by atoms with Crippen LogP contribution in [0.1, 0.15) is 5.76 Å². The van der Waals surface area contributed by atoms with Crippen LogP contribution in [-0.4, -0.2) is 24.7 Å². The number of hydrogen-bond acceptors (Lipinski definition) is 6. The van der Waals surface area contributed by atoms with Gasteiger partial charge in [0.15, 0.2) is 0 Å². The van der Waals surface area contributed by atoms with Gasteiger partial charge in [-0.25, -0.2) is 13.9 Å². The van der Waals surface area contributed by atoms with Crippen LogP contribution >= 0.6 is 22.9 Å². The SMILES string of the molecule is O=C(Cn1nc2n(Cc3ccco3)c(=O)c3sccc3n2c1=O)Nc1ccc(Cl)cc1. The highest BCUT2D eigenvalue weighted by Gasteiger charge is 2.20. The number of benzene rings is 1. The van der Waals surface area contributed by atoms with Crippen molar-refractivity contribution in [2.24, 2.45) is 0 Å². The lowest BCUT2D eigenvalue weighted by Gasteiger charge is -2.05. The quantitative estimate of drug-likeness (QED) is 0.439. The van der Waals surface area contributed by atoms with Crippen molar-refractivity contribution in [2.75, 3.05) is 5.32 Å². The van der Waals surface area contributed by atoms with Crippen molar-refractivity contribution in [3.63, 3.8) is 0 Å². The molecule has 0 spiro atoms. The first-order valence-corrected chi connectivity index (χ1v) is 10.4. The van der Waals surface area contributed by atoms with E-state index < -0.39 is 11.6 Å². The van der Waals surface area contributed by atoms with E-state index in [2.05, 4.69) is 10.4 Å². The summed E-state index contributed by atoms with van der Waals surface area (Å²) in [6.45, 7) is -0.208. The molecule has 0 unspecified atom stereocenters. The summed E-state index contributed by atoms with van der Waals surface area (Å²) in [6, 6.07) is 11.7. The van der Waals surface area contributed by atoms with Crippen molar-refractivity contribution in [2.45, 2.75) is 13.1 Å². The predicted octanol–water partition coefficient (Wildman–Crippen LogP) is 2.81. The lowest BCUT2D eigenvalue weighted by Crippen LogP contribution is -2.29. The summed E-state index contributed by atoms with van der Waals surface area (Å²) in [4.78, 5) is 38.6. The first-order chi connectivity index (χ1) is 15.0. The van der Waals surface area contributed by atoms with Gasteiger partial charge in [0, 0.05) is 10.7 Å². The Kier molecular flexibility index (Phi) is 4.72. The zero-order chi connectivity index (χ0) is 21.5. The van der Waals surface area contributed by atoms with Crippen molar-refractivity contribution in [1.29, 1.82) is 0 Å². The Morgan fingerprint density at radius 3 is 2.71 bits per heavy atom. The Hall–Kier alpha value is -3.63. The molecule has 0 atom stereocenters. The van der Waals surface area contributed by atoms with Crippen molar-refractivity contribution in [3.8, 4) is 0 Å². The molecule has 1 N–H and O–H groups in total. The van der Waals surface area contributed by atoms with E-state index in [1.54, 1.807) is 47.8 Å². The van der Waals surface area contributed by atoms with Crippen LogP contribution in [0.4, 0.5) is 5.69 Å². The third-order valence-corrected chi connectivity index (χ3v) is 5.85. The molecule has 9 nitrogen and oxygen atoms in total. The van der Waals surface area contributed by atoms with E-state index in [0.717, 1.165) is 4.68 Å². The molecule has 1 amide bonds. The predicted molar refractivity (Wildman–Crippen MR) is 117 cm³/mol. The average molecular weight is 456 g/mol. The van der Waals surface area contributed by atoms with Gasteiger partial charge in [-0.3, -0.25) is 14.2 Å². The van der Waals surface area contributed by atoms with Crippen LogP contribution in [0.5, 0.6) is 0 Å². The molecule has 0 fully saturated rings. The molecule has 31 heavy (non-hydrogen) atoms. The first kappa shape index (κ1) is 19.3. The van der Waals surface area contributed by atoms with E-state index in [9.17, 15) is 14.4 Å². The van der Waals surface area contributed by atoms with Crippen LogP contribution in [0, 0.1) is 0 Å². The summed E-state index contributed by atoms with van der Waals surface area (Å²) >= 11 is 7.10. The molecule has 0 aliphatic rings. The van der Waals surface area contributed by atoms with Gasteiger partial charge in [-0.2, -0.15) is 0 Å². The summed E-state index contributed by atoms with van der Waals surface area (Å²) in [5.41, 5.74) is 0.200. The first-order valence-electron chi connectivity index (χ1n) is 9.18. The highest BCUT2D eigenvalue weighted by Crippen LogP contribution is 2.18. The third-order valence-electron chi connectivity index (χ3n) is 4.70. The standard InChI is InChI=1S/C20H14ClN5O4S/c21-12-3-5-13(6-4-12)22-16(27)11-25-20(29)26-15-7-9-31-17(15)18(28)24(19(26)23-25)10-14-2-1-8-30-14/h1-9H,10-11H2,(H,22,27). The zero-order valence-corrected chi connectivity index (χ0v) is 17.4. The molecule has 0 aliphatic heterocycles. The normalized spacial score (nSPS) is 11.4. The van der Waals surface area contributed by atoms with Gasteiger partial charge < -0.3 is 9.73 Å². The lowest BCUT2D eigenvalue weighted by atomic mass is 10.3. The monoisotopic (exact) mass is 455 g/mol. The van der Waals surface area contributed by atoms with E-state index in [1.165, 1.54) is 26.6 Å². The van der Waals surface area contributed by atoms with Crippen LogP contribution in [0.3, 0.4) is 0 Å². The van der Waals surface area contributed by atoms with Gasteiger partial charge in [0.25, 0.3) is 5.56 Å². The molecule has 5 aromatic rings. The Labute approximate surface area is 182 Å². The maximum atomic E-state index is 13.1. The Morgan fingerprint density at radius 2 is 1.97 bits per heavy atom. The summed E-state index contributed by atoms with van der Waals surface area (Å²) < 4.78 is 9.53. The van der Waals surface area contributed by atoms with Crippen LogP contribution in [-0.2, 0) is 17.9 Å². The fraction of sp³-hybridized carbons (Fsp3) is 0.100. The molecular formula is C20H14ClN5O4S. The second-order valence-corrected chi connectivity index (χ2v) is 8.09. The number of nitrogens with one attached hydrogen (secondary N) is 1. The Morgan fingerprint density at radius 1 is 1.16 bits per heavy atom. The minimum Gasteiger partial charge on any atom is -0.467 e. The highest BCUT2D eigenvalue weighted by molar-refractivity contribution is 7.17. The number of aromatic nitrogens is 4. The summed E-state index contributed by atoms with van der Waals surface area (Å²) in [7, 11) is 0. The van der Waals surface area contributed by atoms with Crippen molar-refractivity contribution >= 4 is 50.5 Å². The number of carbonyl (C=O) groups excluding carboxylic acids is 1. The summed E-state index contributed by atoms with van der Waals surface area (Å²) in [5.74, 6) is 0.244. The number of furan rings is 1. The van der Waals surface area contributed by atoms with Crippen molar-refractivity contribution in [1.82, 2.24) is 18.7 Å². The van der Waals surface area contributed by atoms with Crippen LogP contribution < -0.4 is 16.6 Å². The number of halogens is 1. The largest absolute Gasteiger partial charge is 0.467 e. The van der Waals surface area contributed by atoms with Gasteiger partial charge in [-0.05, 0) is 47.8 Å². The van der Waals surface area contributed by atoms with Crippen LogP contribution in [0.25, 0.3) is 16.0 Å². The number of carbonyl (C=O) groups is 1. The fourth-order valence-corrected chi connectivity index (χ4v) is 4.26. The topological polar surface area (TPSA) is 104 Å². The van der Waals surface area contributed by atoms with E-state index in [1.807, 2.05) is 0 Å².